The maximum absolute atomic E-state index is 14.0. The van der Waals surface area contributed by atoms with Crippen LogP contribution in [0.3, 0.4) is 0 Å². The summed E-state index contributed by atoms with van der Waals surface area (Å²) in [7, 11) is 0. The van der Waals surface area contributed by atoms with Crippen molar-refractivity contribution >= 4 is 52.2 Å². The van der Waals surface area contributed by atoms with E-state index in [1.54, 1.807) is 37.3 Å². The van der Waals surface area contributed by atoms with Gasteiger partial charge >= 0.3 is 0 Å². The lowest BCUT2D eigenvalue weighted by Crippen LogP contribution is -2.43. The second-order valence-electron chi connectivity index (χ2n) is 8.30. The van der Waals surface area contributed by atoms with Gasteiger partial charge in [-0.15, -0.1) is 0 Å². The van der Waals surface area contributed by atoms with Crippen LogP contribution in [-0.4, -0.2) is 22.1 Å². The van der Waals surface area contributed by atoms with Gasteiger partial charge in [0.25, 0.3) is 17.7 Å². The van der Waals surface area contributed by atoms with Gasteiger partial charge in [0.05, 0.1) is 5.69 Å². The second-order valence-corrected chi connectivity index (χ2v) is 9.48. The summed E-state index contributed by atoms with van der Waals surface area (Å²) in [6, 6.07) is 16.4. The summed E-state index contributed by atoms with van der Waals surface area (Å²) in [6.07, 6.45) is 0. The van der Waals surface area contributed by atoms with Gasteiger partial charge in [-0.1, -0.05) is 48.0 Å². The van der Waals surface area contributed by atoms with E-state index in [-0.39, 0.29) is 28.6 Å². The van der Waals surface area contributed by atoms with Crippen LogP contribution in [0.1, 0.15) is 48.8 Å². The molecule has 0 aliphatic heterocycles. The normalized spacial score (nSPS) is 11.6. The van der Waals surface area contributed by atoms with Gasteiger partial charge in [-0.05, 0) is 60.8 Å². The molecule has 2 aromatic carbocycles. The number of rotatable bonds is 8. The predicted molar refractivity (Wildman–Crippen MR) is 143 cm³/mol. The summed E-state index contributed by atoms with van der Waals surface area (Å²) < 4.78 is 9.78. The quantitative estimate of drug-likeness (QED) is 0.304. The van der Waals surface area contributed by atoms with Gasteiger partial charge < -0.3 is 21.2 Å². The van der Waals surface area contributed by atoms with E-state index in [0.29, 0.717) is 16.5 Å². The van der Waals surface area contributed by atoms with E-state index in [2.05, 4.69) is 9.69 Å². The van der Waals surface area contributed by atoms with Crippen LogP contribution in [0.2, 0.25) is 5.02 Å². The molecule has 0 radical (unpaired) electrons. The van der Waals surface area contributed by atoms with Crippen molar-refractivity contribution in [1.29, 1.82) is 0 Å². The summed E-state index contributed by atoms with van der Waals surface area (Å²) in [6.45, 7) is 3.78. The first-order chi connectivity index (χ1) is 17.7. The number of aryl methyl sites for hydroxylation is 2. The molecule has 5 N–H and O–H groups in total. The molecule has 2 heterocycles. The van der Waals surface area contributed by atoms with Crippen LogP contribution in [0.25, 0.3) is 0 Å². The number of furan rings is 1. The SMILES string of the molecule is Cc1ccc([C@@H](C(=O)NCc2ccccc2)N(C(=O)c2snc(C(N)=O)c2N)c2ccc(C)c(Cl)c2)o1. The minimum atomic E-state index is -1.23. The van der Waals surface area contributed by atoms with Crippen LogP contribution in [0, 0.1) is 13.8 Å². The molecule has 0 saturated heterocycles. The number of carbonyl (C=O) groups is 3. The summed E-state index contributed by atoms with van der Waals surface area (Å²) in [5, 5.41) is 3.28. The monoisotopic (exact) mass is 537 g/mol. The Labute approximate surface area is 222 Å². The van der Waals surface area contributed by atoms with Gasteiger partial charge in [-0.2, -0.15) is 4.37 Å². The number of carbonyl (C=O) groups excluding carboxylic acids is 3. The van der Waals surface area contributed by atoms with Crippen molar-refractivity contribution in [2.24, 2.45) is 5.73 Å². The molecule has 1 atom stereocenters. The lowest BCUT2D eigenvalue weighted by molar-refractivity contribution is -0.123. The summed E-state index contributed by atoms with van der Waals surface area (Å²) in [5.74, 6) is -1.25. The zero-order valence-electron chi connectivity index (χ0n) is 20.0. The highest BCUT2D eigenvalue weighted by atomic mass is 35.5. The highest BCUT2D eigenvalue weighted by molar-refractivity contribution is 7.09. The molecule has 11 heteroatoms. The molecular weight excluding hydrogens is 514 g/mol. The number of halogens is 1. The van der Waals surface area contributed by atoms with Crippen LogP contribution in [-0.2, 0) is 11.3 Å². The highest BCUT2D eigenvalue weighted by Crippen LogP contribution is 2.35. The first kappa shape index (κ1) is 25.9. The molecule has 0 spiro atoms. The number of nitrogens with two attached hydrogens (primary N) is 2. The van der Waals surface area contributed by atoms with E-state index in [1.807, 2.05) is 37.3 Å². The van der Waals surface area contributed by atoms with Crippen molar-refractivity contribution in [3.63, 3.8) is 0 Å². The predicted octanol–water partition coefficient (Wildman–Crippen LogP) is 4.39. The lowest BCUT2D eigenvalue weighted by Gasteiger charge is -2.30. The molecule has 0 saturated carbocycles. The molecular formula is C26H24ClN5O4S. The van der Waals surface area contributed by atoms with E-state index in [1.165, 1.54) is 4.90 Å². The van der Waals surface area contributed by atoms with E-state index < -0.39 is 23.8 Å². The molecule has 9 nitrogen and oxygen atoms in total. The molecule has 0 aliphatic carbocycles. The fourth-order valence-electron chi connectivity index (χ4n) is 3.71. The number of primary amides is 1. The summed E-state index contributed by atoms with van der Waals surface area (Å²) in [5.41, 5.74) is 13.0. The van der Waals surface area contributed by atoms with Crippen LogP contribution < -0.4 is 21.7 Å². The van der Waals surface area contributed by atoms with Crippen molar-refractivity contribution in [3.8, 4) is 0 Å². The van der Waals surface area contributed by atoms with E-state index in [0.717, 1.165) is 22.7 Å². The van der Waals surface area contributed by atoms with Gasteiger partial charge in [0, 0.05) is 17.3 Å². The third kappa shape index (κ3) is 5.50. The Morgan fingerprint density at radius 1 is 1.11 bits per heavy atom. The standard InChI is InChI=1S/C26H24ClN5O4S/c1-14-8-10-17(12-18(14)27)32(26(35)23-20(28)21(24(29)33)31-37-23)22(19-11-9-15(2)36-19)25(34)30-13-16-6-4-3-5-7-16/h3-12,22H,13,28H2,1-2H3,(H2,29,33)(H,30,34)/t22-/m0/s1. The molecule has 4 rings (SSSR count). The summed E-state index contributed by atoms with van der Waals surface area (Å²) >= 11 is 7.12. The van der Waals surface area contributed by atoms with Gasteiger partial charge in [-0.3, -0.25) is 19.3 Å². The molecule has 2 aromatic heterocycles. The number of nitrogens with zero attached hydrogens (tertiary/aromatic N) is 2. The summed E-state index contributed by atoms with van der Waals surface area (Å²) in [4.78, 5) is 40.6. The van der Waals surface area contributed by atoms with Gasteiger partial charge in [-0.25, -0.2) is 0 Å². The first-order valence-corrected chi connectivity index (χ1v) is 12.3. The number of nitrogen functional groups attached to an aromatic ring is 1. The van der Waals surface area contributed by atoms with Gasteiger partial charge in [0.15, 0.2) is 11.7 Å². The Kier molecular flexibility index (Phi) is 7.61. The number of amides is 3. The maximum atomic E-state index is 14.0. The Hall–Kier alpha value is -4.15. The third-order valence-corrected chi connectivity index (χ3v) is 6.91. The zero-order chi connectivity index (χ0) is 26.7. The fourth-order valence-corrected chi connectivity index (χ4v) is 4.63. The van der Waals surface area contributed by atoms with Crippen molar-refractivity contribution in [3.05, 3.63) is 98.9 Å². The van der Waals surface area contributed by atoms with Crippen LogP contribution in [0.15, 0.2) is 65.1 Å². The number of benzene rings is 2. The smallest absolute Gasteiger partial charge is 0.273 e. The Balaban J connectivity index is 1.83. The number of hydrogen-bond donors (Lipinski definition) is 3. The van der Waals surface area contributed by atoms with Crippen molar-refractivity contribution < 1.29 is 18.8 Å². The minimum absolute atomic E-state index is 0.0466. The average Bonchev–Trinajstić information content (AvgIpc) is 3.48. The molecule has 0 unspecified atom stereocenters. The Bertz CT molecular complexity index is 1470. The van der Waals surface area contributed by atoms with Gasteiger partial charge in [0.1, 0.15) is 16.4 Å². The molecule has 0 bridgehead atoms. The van der Waals surface area contributed by atoms with Crippen molar-refractivity contribution in [2.75, 3.05) is 10.6 Å². The van der Waals surface area contributed by atoms with E-state index >= 15 is 0 Å². The third-order valence-electron chi connectivity index (χ3n) is 5.65. The number of hydrogen-bond acceptors (Lipinski definition) is 7. The minimum Gasteiger partial charge on any atom is -0.464 e. The average molecular weight is 538 g/mol. The Morgan fingerprint density at radius 2 is 1.84 bits per heavy atom. The maximum Gasteiger partial charge on any atom is 0.273 e. The van der Waals surface area contributed by atoms with Crippen LogP contribution >= 0.6 is 23.1 Å². The number of aromatic nitrogens is 1. The first-order valence-electron chi connectivity index (χ1n) is 11.2. The number of anilines is 2. The van der Waals surface area contributed by atoms with Crippen LogP contribution in [0.5, 0.6) is 0 Å². The van der Waals surface area contributed by atoms with Gasteiger partial charge in [0.2, 0.25) is 0 Å². The Morgan fingerprint density at radius 3 is 2.43 bits per heavy atom. The van der Waals surface area contributed by atoms with E-state index in [4.69, 9.17) is 27.5 Å². The molecule has 0 fully saturated rings. The molecule has 37 heavy (non-hydrogen) atoms. The highest BCUT2D eigenvalue weighted by Gasteiger charge is 2.38. The molecule has 190 valence electrons. The number of nitrogens with one attached hydrogen (secondary N) is 1. The lowest BCUT2D eigenvalue weighted by atomic mass is 10.1. The van der Waals surface area contributed by atoms with Crippen molar-refractivity contribution in [1.82, 2.24) is 9.69 Å². The van der Waals surface area contributed by atoms with E-state index in [9.17, 15) is 14.4 Å². The fraction of sp³-hybridized carbons (Fsp3) is 0.154. The van der Waals surface area contributed by atoms with Crippen molar-refractivity contribution in [2.45, 2.75) is 26.4 Å². The van der Waals surface area contributed by atoms with Crippen LogP contribution in [0.4, 0.5) is 11.4 Å². The molecule has 0 aliphatic rings. The molecule has 4 aromatic rings. The molecule has 3 amide bonds. The zero-order valence-corrected chi connectivity index (χ0v) is 21.6. The topological polar surface area (TPSA) is 145 Å². The largest absolute Gasteiger partial charge is 0.464 e. The second kappa shape index (κ2) is 10.9.